The molecule has 0 bridgehead atoms. The van der Waals surface area contributed by atoms with Gasteiger partial charge in [-0.2, -0.15) is 4.31 Å². The first-order valence-electron chi connectivity index (χ1n) is 6.86. The first-order chi connectivity index (χ1) is 9.45. The summed E-state index contributed by atoms with van der Waals surface area (Å²) in [6.07, 6.45) is 1.80. The van der Waals surface area contributed by atoms with Gasteiger partial charge in [0.05, 0.1) is 4.90 Å². The molecule has 7 heteroatoms. The van der Waals surface area contributed by atoms with Gasteiger partial charge in [-0.15, -0.1) is 12.4 Å². The average Bonchev–Trinajstić information content (AvgIpc) is 2.43. The summed E-state index contributed by atoms with van der Waals surface area (Å²) in [5.74, 6) is 0.563. The molecule has 1 saturated heterocycles. The topological polar surface area (TPSA) is 49.4 Å². The number of sulfonamides is 1. The van der Waals surface area contributed by atoms with Crippen molar-refractivity contribution in [2.75, 3.05) is 26.7 Å². The van der Waals surface area contributed by atoms with Crippen LogP contribution in [0.15, 0.2) is 23.1 Å². The SMILES string of the molecule is CNCC1CCN(S(=O)(=O)c2ccc(C)c(Cl)c2)CC1.Cl. The molecule has 120 valence electrons. The van der Waals surface area contributed by atoms with E-state index in [0.717, 1.165) is 24.9 Å². The van der Waals surface area contributed by atoms with Crippen molar-refractivity contribution in [2.24, 2.45) is 5.92 Å². The summed E-state index contributed by atoms with van der Waals surface area (Å²) < 4.78 is 26.7. The van der Waals surface area contributed by atoms with Crippen LogP contribution in [0.25, 0.3) is 0 Å². The summed E-state index contributed by atoms with van der Waals surface area (Å²) in [4.78, 5) is 0.292. The smallest absolute Gasteiger partial charge is 0.243 e. The first kappa shape index (κ1) is 18.7. The van der Waals surface area contributed by atoms with Crippen LogP contribution in [0.2, 0.25) is 5.02 Å². The summed E-state index contributed by atoms with van der Waals surface area (Å²) in [7, 11) is -1.48. The molecule has 0 unspecified atom stereocenters. The lowest BCUT2D eigenvalue weighted by molar-refractivity contribution is 0.270. The number of nitrogens with zero attached hydrogens (tertiary/aromatic N) is 1. The fraction of sp³-hybridized carbons (Fsp3) is 0.571. The van der Waals surface area contributed by atoms with Crippen LogP contribution < -0.4 is 5.32 Å². The molecule has 0 spiro atoms. The zero-order valence-electron chi connectivity index (χ0n) is 12.3. The van der Waals surface area contributed by atoms with Crippen molar-refractivity contribution in [1.29, 1.82) is 0 Å². The Morgan fingerprint density at radius 1 is 1.33 bits per heavy atom. The summed E-state index contributed by atoms with van der Waals surface area (Å²) in [5.41, 5.74) is 0.887. The van der Waals surface area contributed by atoms with E-state index in [9.17, 15) is 8.42 Å². The Balaban J connectivity index is 0.00000220. The minimum absolute atomic E-state index is 0. The van der Waals surface area contributed by atoms with E-state index in [1.54, 1.807) is 22.5 Å². The molecule has 1 aromatic carbocycles. The summed E-state index contributed by atoms with van der Waals surface area (Å²) >= 11 is 6.03. The van der Waals surface area contributed by atoms with E-state index >= 15 is 0 Å². The van der Waals surface area contributed by atoms with Crippen LogP contribution in [-0.2, 0) is 10.0 Å². The van der Waals surface area contributed by atoms with Crippen molar-refractivity contribution >= 4 is 34.0 Å². The zero-order valence-corrected chi connectivity index (χ0v) is 14.7. The Bertz CT molecular complexity index is 570. The number of hydrogen-bond donors (Lipinski definition) is 1. The highest BCUT2D eigenvalue weighted by Crippen LogP contribution is 2.26. The molecule has 4 nitrogen and oxygen atoms in total. The number of halogens is 2. The molecule has 21 heavy (non-hydrogen) atoms. The van der Waals surface area contributed by atoms with Crippen molar-refractivity contribution in [2.45, 2.75) is 24.7 Å². The number of hydrogen-bond acceptors (Lipinski definition) is 3. The Morgan fingerprint density at radius 3 is 2.48 bits per heavy atom. The van der Waals surface area contributed by atoms with Crippen LogP contribution in [-0.4, -0.2) is 39.4 Å². The van der Waals surface area contributed by atoms with E-state index in [2.05, 4.69) is 5.32 Å². The third kappa shape index (κ3) is 4.33. The molecule has 1 aliphatic rings. The first-order valence-corrected chi connectivity index (χ1v) is 8.68. The normalized spacial score (nSPS) is 17.5. The number of aryl methyl sites for hydroxylation is 1. The third-order valence-corrected chi connectivity index (χ3v) is 6.15. The maximum atomic E-state index is 12.6. The van der Waals surface area contributed by atoms with Gasteiger partial charge in [-0.3, -0.25) is 0 Å². The maximum Gasteiger partial charge on any atom is 0.243 e. The Hall–Kier alpha value is -0.330. The second-order valence-electron chi connectivity index (χ2n) is 5.32. The molecule has 1 N–H and O–H groups in total. The van der Waals surface area contributed by atoms with Crippen molar-refractivity contribution in [3.8, 4) is 0 Å². The minimum atomic E-state index is -3.41. The van der Waals surface area contributed by atoms with Gasteiger partial charge in [0, 0.05) is 18.1 Å². The monoisotopic (exact) mass is 352 g/mol. The highest BCUT2D eigenvalue weighted by molar-refractivity contribution is 7.89. The Labute approximate surface area is 138 Å². The molecule has 1 aliphatic heterocycles. The summed E-state index contributed by atoms with van der Waals surface area (Å²) in [6.45, 7) is 3.98. The molecule has 1 aromatic rings. The van der Waals surface area contributed by atoms with Gasteiger partial charge in [-0.25, -0.2) is 8.42 Å². The van der Waals surface area contributed by atoms with E-state index in [-0.39, 0.29) is 12.4 Å². The van der Waals surface area contributed by atoms with Crippen LogP contribution in [0.5, 0.6) is 0 Å². The van der Waals surface area contributed by atoms with Gasteiger partial charge < -0.3 is 5.32 Å². The van der Waals surface area contributed by atoms with Crippen molar-refractivity contribution in [3.63, 3.8) is 0 Å². The van der Waals surface area contributed by atoms with E-state index in [1.807, 2.05) is 14.0 Å². The quantitative estimate of drug-likeness (QED) is 0.906. The molecule has 0 aromatic heterocycles. The van der Waals surface area contributed by atoms with Gasteiger partial charge in [0.1, 0.15) is 0 Å². The standard InChI is InChI=1S/C14H21ClN2O2S.ClH/c1-11-3-4-13(9-14(11)15)20(18,19)17-7-5-12(6-8-17)10-16-2;/h3-4,9,12,16H,5-8,10H2,1-2H3;1H. The van der Waals surface area contributed by atoms with E-state index < -0.39 is 10.0 Å². The molecule has 0 aliphatic carbocycles. The van der Waals surface area contributed by atoms with Gasteiger partial charge in [0.15, 0.2) is 0 Å². The molecule has 2 rings (SSSR count). The van der Waals surface area contributed by atoms with Crippen LogP contribution >= 0.6 is 24.0 Å². The third-order valence-electron chi connectivity index (χ3n) is 3.85. The fourth-order valence-corrected chi connectivity index (χ4v) is 4.27. The van der Waals surface area contributed by atoms with Crippen molar-refractivity contribution < 1.29 is 8.42 Å². The molecular formula is C14H22Cl2N2O2S. The zero-order chi connectivity index (χ0) is 14.8. The molecule has 1 fully saturated rings. The molecule has 0 radical (unpaired) electrons. The van der Waals surface area contributed by atoms with E-state index in [1.165, 1.54) is 0 Å². The van der Waals surface area contributed by atoms with E-state index in [4.69, 9.17) is 11.6 Å². The number of rotatable bonds is 4. The van der Waals surface area contributed by atoms with Crippen LogP contribution in [0.4, 0.5) is 0 Å². The highest BCUT2D eigenvalue weighted by Gasteiger charge is 2.29. The predicted octanol–water partition coefficient (Wildman–Crippen LogP) is 2.69. The summed E-state index contributed by atoms with van der Waals surface area (Å²) in [5, 5.41) is 3.65. The van der Waals surface area contributed by atoms with Gasteiger partial charge in [-0.05, 0) is 57.0 Å². The van der Waals surface area contributed by atoms with Gasteiger partial charge in [-0.1, -0.05) is 17.7 Å². The number of nitrogens with one attached hydrogen (secondary N) is 1. The molecule has 1 heterocycles. The molecule has 0 atom stereocenters. The lowest BCUT2D eigenvalue weighted by atomic mass is 9.98. The maximum absolute atomic E-state index is 12.6. The molecular weight excluding hydrogens is 331 g/mol. The predicted molar refractivity (Wildman–Crippen MR) is 88.8 cm³/mol. The summed E-state index contributed by atoms with van der Waals surface area (Å²) in [6, 6.07) is 4.94. The van der Waals surface area contributed by atoms with Gasteiger partial charge >= 0.3 is 0 Å². The van der Waals surface area contributed by atoms with Crippen molar-refractivity contribution in [1.82, 2.24) is 9.62 Å². The van der Waals surface area contributed by atoms with Crippen LogP contribution in [0.1, 0.15) is 18.4 Å². The second kappa shape index (κ2) is 7.79. The number of benzene rings is 1. The highest BCUT2D eigenvalue weighted by atomic mass is 35.5. The average molecular weight is 353 g/mol. The van der Waals surface area contributed by atoms with E-state index in [0.29, 0.717) is 28.9 Å². The lowest BCUT2D eigenvalue weighted by Gasteiger charge is -2.31. The van der Waals surface area contributed by atoms with Crippen LogP contribution in [0, 0.1) is 12.8 Å². The van der Waals surface area contributed by atoms with Gasteiger partial charge in [0.2, 0.25) is 10.0 Å². The Morgan fingerprint density at radius 2 is 1.95 bits per heavy atom. The second-order valence-corrected chi connectivity index (χ2v) is 7.66. The largest absolute Gasteiger partial charge is 0.319 e. The minimum Gasteiger partial charge on any atom is -0.319 e. The number of piperidine rings is 1. The lowest BCUT2D eigenvalue weighted by Crippen LogP contribution is -2.40. The Kier molecular flexibility index (Phi) is 6.94. The molecule has 0 amide bonds. The van der Waals surface area contributed by atoms with Gasteiger partial charge in [0.25, 0.3) is 0 Å². The fourth-order valence-electron chi connectivity index (χ4n) is 2.53. The van der Waals surface area contributed by atoms with Crippen LogP contribution in [0.3, 0.4) is 0 Å². The van der Waals surface area contributed by atoms with Crippen molar-refractivity contribution in [3.05, 3.63) is 28.8 Å². The molecule has 0 saturated carbocycles.